The molecule has 0 aromatic rings. The average Bonchev–Trinajstić information content (AvgIpc) is 3.03. The summed E-state index contributed by atoms with van der Waals surface area (Å²) in [5.74, 6) is 0.885. The molecule has 0 heterocycles. The second kappa shape index (κ2) is 34.5. The molecule has 1 N–H and O–H groups in total. The molecule has 0 aliphatic rings. The highest BCUT2D eigenvalue weighted by molar-refractivity contribution is 5.60. The lowest BCUT2D eigenvalue weighted by atomic mass is 9.91. The molecule has 0 amide bonds. The number of carbonyl (C=O) groups is 1. The molecule has 270 valence electrons. The van der Waals surface area contributed by atoms with E-state index in [9.17, 15) is 9.90 Å². The minimum absolute atomic E-state index is 0.0328. The van der Waals surface area contributed by atoms with Crippen molar-refractivity contribution in [2.45, 2.75) is 188 Å². The first-order valence-corrected chi connectivity index (χ1v) is 19.9. The highest BCUT2D eigenvalue weighted by atomic mass is 16.7. The predicted molar refractivity (Wildman–Crippen MR) is 194 cm³/mol. The third kappa shape index (κ3) is 29.1. The van der Waals surface area contributed by atoms with Crippen molar-refractivity contribution < 1.29 is 19.4 Å². The smallest absolute Gasteiger partial charge is 0.433 e. The summed E-state index contributed by atoms with van der Waals surface area (Å²) in [6.07, 6.45) is 28.5. The minimum Gasteiger partial charge on any atom is -0.433 e. The van der Waals surface area contributed by atoms with Crippen LogP contribution in [-0.2, 0) is 9.47 Å². The standard InChI is InChI=1S/C39H80N2O4/c1-6-11-15-17-18-19-23-29-38(28-22-16-12-7-2)45-39(43)44-36-34-41(33-35-42)32-31-40(10-5)30-24-27-37(25-20-13-8-3)26-21-14-9-4/h37-38,42H,6-36H2,1-5H3. The molecule has 0 fully saturated rings. The van der Waals surface area contributed by atoms with Gasteiger partial charge >= 0.3 is 6.16 Å². The lowest BCUT2D eigenvalue weighted by molar-refractivity contribution is 0.0110. The number of hydrogen-bond donors (Lipinski definition) is 1. The largest absolute Gasteiger partial charge is 0.508 e. The molecule has 6 nitrogen and oxygen atoms in total. The van der Waals surface area contributed by atoms with Gasteiger partial charge in [-0.05, 0) is 57.5 Å². The molecule has 0 saturated heterocycles. The summed E-state index contributed by atoms with van der Waals surface area (Å²) in [7, 11) is 0. The Labute approximate surface area is 281 Å². The molecule has 1 atom stereocenters. The van der Waals surface area contributed by atoms with Crippen LogP contribution < -0.4 is 0 Å². The topological polar surface area (TPSA) is 62.2 Å². The maximum Gasteiger partial charge on any atom is 0.508 e. The van der Waals surface area contributed by atoms with E-state index in [1.807, 2.05) is 0 Å². The average molecular weight is 641 g/mol. The van der Waals surface area contributed by atoms with Gasteiger partial charge in [0.15, 0.2) is 0 Å². The predicted octanol–water partition coefficient (Wildman–Crippen LogP) is 10.8. The third-order valence-corrected chi connectivity index (χ3v) is 9.51. The van der Waals surface area contributed by atoms with E-state index < -0.39 is 6.16 Å². The normalized spacial score (nSPS) is 12.5. The fourth-order valence-electron chi connectivity index (χ4n) is 6.41. The summed E-state index contributed by atoms with van der Waals surface area (Å²) in [5.41, 5.74) is 0. The summed E-state index contributed by atoms with van der Waals surface area (Å²) in [6.45, 7) is 17.0. The van der Waals surface area contributed by atoms with Gasteiger partial charge in [-0.3, -0.25) is 4.90 Å². The van der Waals surface area contributed by atoms with Crippen molar-refractivity contribution in [1.82, 2.24) is 9.80 Å². The molecule has 1 unspecified atom stereocenters. The van der Waals surface area contributed by atoms with Gasteiger partial charge in [0.25, 0.3) is 0 Å². The number of carbonyl (C=O) groups excluding carboxylic acids is 1. The maximum absolute atomic E-state index is 12.6. The molecular weight excluding hydrogens is 560 g/mol. The van der Waals surface area contributed by atoms with Crippen molar-refractivity contribution in [2.24, 2.45) is 5.92 Å². The number of ether oxygens (including phenoxy) is 2. The highest BCUT2D eigenvalue weighted by Crippen LogP contribution is 2.23. The first kappa shape index (κ1) is 44.1. The lowest BCUT2D eigenvalue weighted by Crippen LogP contribution is -2.39. The van der Waals surface area contributed by atoms with Crippen molar-refractivity contribution in [1.29, 1.82) is 0 Å². The van der Waals surface area contributed by atoms with E-state index >= 15 is 0 Å². The Hall–Kier alpha value is -0.850. The summed E-state index contributed by atoms with van der Waals surface area (Å²) in [5, 5.41) is 9.66. The van der Waals surface area contributed by atoms with Gasteiger partial charge in [-0.15, -0.1) is 0 Å². The molecule has 45 heavy (non-hydrogen) atoms. The van der Waals surface area contributed by atoms with Crippen molar-refractivity contribution in [3.8, 4) is 0 Å². The Balaban J connectivity index is 4.55. The van der Waals surface area contributed by atoms with Gasteiger partial charge in [0, 0.05) is 26.2 Å². The SMILES string of the molecule is CCCCCCCCCC(CCCCCC)OC(=O)OCCN(CCO)CCN(CC)CCCC(CCCCC)CCCCC. The first-order valence-electron chi connectivity index (χ1n) is 19.9. The van der Waals surface area contributed by atoms with E-state index in [1.165, 1.54) is 122 Å². The Bertz CT molecular complexity index is 596. The van der Waals surface area contributed by atoms with Gasteiger partial charge in [-0.25, -0.2) is 4.79 Å². The molecule has 0 bridgehead atoms. The van der Waals surface area contributed by atoms with Crippen LogP contribution in [0.15, 0.2) is 0 Å². The van der Waals surface area contributed by atoms with Crippen molar-refractivity contribution in [3.63, 3.8) is 0 Å². The second-order valence-corrected chi connectivity index (χ2v) is 13.6. The van der Waals surface area contributed by atoms with Crippen LogP contribution in [0.2, 0.25) is 0 Å². The van der Waals surface area contributed by atoms with Gasteiger partial charge in [0.05, 0.1) is 6.61 Å². The van der Waals surface area contributed by atoms with Crippen LogP contribution in [0.3, 0.4) is 0 Å². The Morgan fingerprint density at radius 1 is 0.533 bits per heavy atom. The van der Waals surface area contributed by atoms with E-state index in [2.05, 4.69) is 44.4 Å². The first-order chi connectivity index (χ1) is 22.0. The molecule has 0 aliphatic heterocycles. The fraction of sp³-hybridized carbons (Fsp3) is 0.974. The molecule has 0 aromatic carbocycles. The molecule has 0 radical (unpaired) electrons. The van der Waals surface area contributed by atoms with Crippen molar-refractivity contribution in [2.75, 3.05) is 52.5 Å². The monoisotopic (exact) mass is 641 g/mol. The number of aliphatic hydroxyl groups excluding tert-OH is 1. The van der Waals surface area contributed by atoms with Gasteiger partial charge in [0.1, 0.15) is 12.7 Å². The molecule has 6 heteroatoms. The molecular formula is C39H80N2O4. The van der Waals surface area contributed by atoms with Crippen LogP contribution in [0.1, 0.15) is 182 Å². The molecule has 0 saturated carbocycles. The number of unbranched alkanes of at least 4 members (excludes halogenated alkanes) is 13. The number of likely N-dealkylation sites (N-methyl/N-ethyl adjacent to an activating group) is 1. The van der Waals surface area contributed by atoms with Crippen LogP contribution in [0.4, 0.5) is 4.79 Å². The van der Waals surface area contributed by atoms with Crippen LogP contribution in [0, 0.1) is 5.92 Å². The van der Waals surface area contributed by atoms with E-state index in [0.29, 0.717) is 19.7 Å². The number of nitrogens with zero attached hydrogens (tertiary/aromatic N) is 2. The van der Waals surface area contributed by atoms with E-state index in [4.69, 9.17) is 9.47 Å². The fourth-order valence-corrected chi connectivity index (χ4v) is 6.41. The quantitative estimate of drug-likeness (QED) is 0.0549. The van der Waals surface area contributed by atoms with Crippen LogP contribution in [0.25, 0.3) is 0 Å². The number of rotatable bonds is 35. The van der Waals surface area contributed by atoms with Crippen molar-refractivity contribution >= 4 is 6.16 Å². The van der Waals surface area contributed by atoms with E-state index in [0.717, 1.165) is 57.8 Å². The van der Waals surface area contributed by atoms with Gasteiger partial charge in [0.2, 0.25) is 0 Å². The molecule has 0 aliphatic carbocycles. The summed E-state index contributed by atoms with van der Waals surface area (Å²) >= 11 is 0. The highest BCUT2D eigenvalue weighted by Gasteiger charge is 2.17. The zero-order chi connectivity index (χ0) is 33.2. The van der Waals surface area contributed by atoms with E-state index in [-0.39, 0.29) is 12.7 Å². The Morgan fingerprint density at radius 2 is 1.00 bits per heavy atom. The molecule has 0 aromatic heterocycles. The number of aliphatic hydroxyl groups is 1. The van der Waals surface area contributed by atoms with Crippen LogP contribution in [-0.4, -0.2) is 79.6 Å². The summed E-state index contributed by atoms with van der Waals surface area (Å²) < 4.78 is 11.4. The lowest BCUT2D eigenvalue weighted by Gasteiger charge is -2.27. The Kier molecular flexibility index (Phi) is 33.8. The zero-order valence-electron chi connectivity index (χ0n) is 31.1. The van der Waals surface area contributed by atoms with Crippen LogP contribution >= 0.6 is 0 Å². The molecule has 0 spiro atoms. The van der Waals surface area contributed by atoms with Gasteiger partial charge in [-0.1, -0.05) is 144 Å². The van der Waals surface area contributed by atoms with E-state index in [1.54, 1.807) is 0 Å². The number of hydrogen-bond acceptors (Lipinski definition) is 6. The maximum atomic E-state index is 12.6. The second-order valence-electron chi connectivity index (χ2n) is 13.6. The van der Waals surface area contributed by atoms with Gasteiger partial charge < -0.3 is 19.5 Å². The summed E-state index contributed by atoms with van der Waals surface area (Å²) in [6, 6.07) is 0. The summed E-state index contributed by atoms with van der Waals surface area (Å²) in [4.78, 5) is 17.4. The van der Waals surface area contributed by atoms with Gasteiger partial charge in [-0.2, -0.15) is 0 Å². The zero-order valence-corrected chi connectivity index (χ0v) is 31.1. The molecule has 0 rings (SSSR count). The van der Waals surface area contributed by atoms with Crippen LogP contribution in [0.5, 0.6) is 0 Å². The minimum atomic E-state index is -0.523. The Morgan fingerprint density at radius 3 is 1.56 bits per heavy atom. The third-order valence-electron chi connectivity index (χ3n) is 9.51. The van der Waals surface area contributed by atoms with Crippen molar-refractivity contribution in [3.05, 3.63) is 0 Å².